The van der Waals surface area contributed by atoms with Crippen molar-refractivity contribution in [3.05, 3.63) is 0 Å². The van der Waals surface area contributed by atoms with E-state index in [1.165, 1.54) is 58.0 Å². The van der Waals surface area contributed by atoms with E-state index in [9.17, 15) is 0 Å². The lowest BCUT2D eigenvalue weighted by atomic mass is 9.83. The smallest absolute Gasteiger partial charge is 0.00951 e. The molecular formula is C14H28N2. The third-order valence-corrected chi connectivity index (χ3v) is 4.89. The van der Waals surface area contributed by atoms with E-state index in [2.05, 4.69) is 11.8 Å². The van der Waals surface area contributed by atoms with E-state index in [4.69, 9.17) is 5.73 Å². The quantitative estimate of drug-likeness (QED) is 0.798. The van der Waals surface area contributed by atoms with Crippen molar-refractivity contribution in [1.29, 1.82) is 0 Å². The van der Waals surface area contributed by atoms with Crippen LogP contribution in [0.5, 0.6) is 0 Å². The molecule has 94 valence electrons. The predicted molar refractivity (Wildman–Crippen MR) is 69.4 cm³/mol. The molecule has 2 nitrogen and oxygen atoms in total. The maximum absolute atomic E-state index is 5.75. The van der Waals surface area contributed by atoms with Crippen molar-refractivity contribution >= 4 is 0 Å². The van der Waals surface area contributed by atoms with Gasteiger partial charge in [-0.05, 0) is 64.1 Å². The maximum atomic E-state index is 5.75. The van der Waals surface area contributed by atoms with E-state index in [1.54, 1.807) is 0 Å². The first-order chi connectivity index (χ1) is 7.81. The van der Waals surface area contributed by atoms with E-state index < -0.39 is 0 Å². The summed E-state index contributed by atoms with van der Waals surface area (Å²) in [5.41, 5.74) is 5.75. The van der Waals surface area contributed by atoms with Gasteiger partial charge >= 0.3 is 0 Å². The van der Waals surface area contributed by atoms with Gasteiger partial charge in [-0.15, -0.1) is 0 Å². The maximum Gasteiger partial charge on any atom is 0.00951 e. The van der Waals surface area contributed by atoms with E-state index >= 15 is 0 Å². The summed E-state index contributed by atoms with van der Waals surface area (Å²) in [5, 5.41) is 0. The fourth-order valence-electron chi connectivity index (χ4n) is 3.51. The van der Waals surface area contributed by atoms with Crippen molar-refractivity contribution in [1.82, 2.24) is 4.90 Å². The molecule has 2 fully saturated rings. The zero-order valence-corrected chi connectivity index (χ0v) is 10.8. The second-order valence-corrected chi connectivity index (χ2v) is 5.85. The topological polar surface area (TPSA) is 29.3 Å². The molecule has 2 N–H and O–H groups in total. The Labute approximate surface area is 101 Å². The Morgan fingerprint density at radius 2 is 1.69 bits per heavy atom. The summed E-state index contributed by atoms with van der Waals surface area (Å²) in [6, 6.07) is 0.819. The van der Waals surface area contributed by atoms with Crippen LogP contribution in [0.1, 0.15) is 51.9 Å². The van der Waals surface area contributed by atoms with Crippen LogP contribution in [0.3, 0.4) is 0 Å². The highest BCUT2D eigenvalue weighted by Gasteiger charge is 2.27. The monoisotopic (exact) mass is 224 g/mol. The highest BCUT2D eigenvalue weighted by Crippen LogP contribution is 2.30. The van der Waals surface area contributed by atoms with Gasteiger partial charge in [0.05, 0.1) is 0 Å². The summed E-state index contributed by atoms with van der Waals surface area (Å²) in [6.07, 6.45) is 10.00. The van der Waals surface area contributed by atoms with Crippen LogP contribution < -0.4 is 5.73 Å². The van der Waals surface area contributed by atoms with Gasteiger partial charge in [0.1, 0.15) is 0 Å². The molecule has 16 heavy (non-hydrogen) atoms. The number of piperidine rings is 1. The van der Waals surface area contributed by atoms with Crippen LogP contribution in [-0.4, -0.2) is 30.6 Å². The Kier molecular flexibility index (Phi) is 4.66. The molecule has 1 saturated heterocycles. The molecule has 0 aromatic heterocycles. The van der Waals surface area contributed by atoms with Gasteiger partial charge in [-0.1, -0.05) is 19.3 Å². The Bertz CT molecular complexity index is 191. The highest BCUT2D eigenvalue weighted by atomic mass is 15.2. The minimum Gasteiger partial charge on any atom is -0.330 e. The molecule has 1 unspecified atom stereocenters. The summed E-state index contributed by atoms with van der Waals surface area (Å²) < 4.78 is 0. The van der Waals surface area contributed by atoms with Crippen LogP contribution >= 0.6 is 0 Å². The molecule has 2 heteroatoms. The minimum absolute atomic E-state index is 0.801. The van der Waals surface area contributed by atoms with Gasteiger partial charge in [0.2, 0.25) is 0 Å². The minimum atomic E-state index is 0.801. The Hall–Kier alpha value is -0.0800. The summed E-state index contributed by atoms with van der Waals surface area (Å²) in [5.74, 6) is 1.78. The first-order valence-electron chi connectivity index (χ1n) is 7.25. The van der Waals surface area contributed by atoms with Crippen LogP contribution in [0.25, 0.3) is 0 Å². The van der Waals surface area contributed by atoms with Gasteiger partial charge in [-0.2, -0.15) is 0 Å². The Morgan fingerprint density at radius 3 is 2.25 bits per heavy atom. The zero-order valence-electron chi connectivity index (χ0n) is 10.8. The molecular weight excluding hydrogens is 196 g/mol. The lowest BCUT2D eigenvalue weighted by Gasteiger charge is -2.40. The molecule has 0 spiro atoms. The van der Waals surface area contributed by atoms with Crippen LogP contribution in [0.4, 0.5) is 0 Å². The summed E-state index contributed by atoms with van der Waals surface area (Å²) >= 11 is 0. The van der Waals surface area contributed by atoms with Gasteiger partial charge in [0.15, 0.2) is 0 Å². The number of hydrogen-bond donors (Lipinski definition) is 1. The molecule has 2 aliphatic rings. The number of hydrogen-bond acceptors (Lipinski definition) is 2. The van der Waals surface area contributed by atoms with E-state index in [1.807, 2.05) is 0 Å². The molecule has 1 atom stereocenters. The number of likely N-dealkylation sites (tertiary alicyclic amines) is 1. The molecule has 1 aliphatic carbocycles. The number of nitrogens with two attached hydrogens (primary N) is 1. The van der Waals surface area contributed by atoms with E-state index in [0.29, 0.717) is 0 Å². The van der Waals surface area contributed by atoms with Crippen molar-refractivity contribution in [2.45, 2.75) is 57.9 Å². The molecule has 1 aliphatic heterocycles. The van der Waals surface area contributed by atoms with Crippen molar-refractivity contribution in [3.63, 3.8) is 0 Å². The molecule has 1 saturated carbocycles. The van der Waals surface area contributed by atoms with Crippen LogP contribution in [0, 0.1) is 11.8 Å². The normalized spacial score (nSPS) is 28.1. The van der Waals surface area contributed by atoms with Gasteiger partial charge in [-0.3, -0.25) is 0 Å². The molecule has 1 heterocycles. The van der Waals surface area contributed by atoms with Gasteiger partial charge in [0.25, 0.3) is 0 Å². The lowest BCUT2D eigenvalue weighted by Crippen LogP contribution is -2.45. The van der Waals surface area contributed by atoms with E-state index in [-0.39, 0.29) is 0 Å². The average Bonchev–Trinajstić information content (AvgIpc) is 2.39. The predicted octanol–water partition coefficient (Wildman–Crippen LogP) is 2.63. The Morgan fingerprint density at radius 1 is 1.06 bits per heavy atom. The highest BCUT2D eigenvalue weighted by molar-refractivity contribution is 4.82. The zero-order chi connectivity index (χ0) is 11.4. The van der Waals surface area contributed by atoms with Crippen molar-refractivity contribution in [3.8, 4) is 0 Å². The Balaban J connectivity index is 1.78. The summed E-state index contributed by atoms with van der Waals surface area (Å²) in [6.45, 7) is 5.93. The van der Waals surface area contributed by atoms with Crippen molar-refractivity contribution in [2.75, 3.05) is 19.6 Å². The standard InChI is InChI=1S/C14H28N2/c1-12(14-5-3-2-4-6-14)16-9-7-13(11-15)8-10-16/h12-14H,2-11,15H2,1H3. The average molecular weight is 224 g/mol. The first kappa shape index (κ1) is 12.4. The van der Waals surface area contributed by atoms with Gasteiger partial charge in [0, 0.05) is 6.04 Å². The van der Waals surface area contributed by atoms with Gasteiger partial charge in [-0.25, -0.2) is 0 Å². The largest absolute Gasteiger partial charge is 0.330 e. The van der Waals surface area contributed by atoms with Gasteiger partial charge < -0.3 is 10.6 Å². The summed E-state index contributed by atoms with van der Waals surface area (Å²) in [7, 11) is 0. The van der Waals surface area contributed by atoms with Crippen LogP contribution in [-0.2, 0) is 0 Å². The fraction of sp³-hybridized carbons (Fsp3) is 1.00. The SMILES string of the molecule is CC(C1CCCCC1)N1CCC(CN)CC1. The van der Waals surface area contributed by atoms with Crippen molar-refractivity contribution < 1.29 is 0 Å². The lowest BCUT2D eigenvalue weighted by molar-refractivity contribution is 0.0910. The summed E-state index contributed by atoms with van der Waals surface area (Å²) in [4.78, 5) is 2.72. The fourth-order valence-corrected chi connectivity index (χ4v) is 3.51. The van der Waals surface area contributed by atoms with Crippen LogP contribution in [0.2, 0.25) is 0 Å². The molecule has 0 radical (unpaired) electrons. The number of nitrogens with zero attached hydrogens (tertiary/aromatic N) is 1. The second kappa shape index (κ2) is 6.02. The molecule has 0 aromatic rings. The molecule has 2 rings (SSSR count). The van der Waals surface area contributed by atoms with Crippen molar-refractivity contribution in [2.24, 2.45) is 17.6 Å². The second-order valence-electron chi connectivity index (χ2n) is 5.85. The first-order valence-corrected chi connectivity index (χ1v) is 7.25. The molecule has 0 bridgehead atoms. The van der Waals surface area contributed by atoms with Crippen LogP contribution in [0.15, 0.2) is 0 Å². The third kappa shape index (κ3) is 2.98. The van der Waals surface area contributed by atoms with E-state index in [0.717, 1.165) is 24.4 Å². The third-order valence-electron chi connectivity index (χ3n) is 4.89. The molecule has 0 aromatic carbocycles. The molecule has 0 amide bonds. The number of rotatable bonds is 3.